The number of halogens is 3. The molecule has 106 valence electrons. The molecule has 0 aliphatic carbocycles. The Morgan fingerprint density at radius 1 is 1.20 bits per heavy atom. The van der Waals surface area contributed by atoms with Gasteiger partial charge in [0.25, 0.3) is 0 Å². The summed E-state index contributed by atoms with van der Waals surface area (Å²) in [6, 6.07) is 12.3. The first-order valence-electron chi connectivity index (χ1n) is 6.56. The fraction of sp³-hybridized carbons (Fsp3) is 0.250. The van der Waals surface area contributed by atoms with E-state index in [-0.39, 0.29) is 11.9 Å². The number of benzene rings is 2. The van der Waals surface area contributed by atoms with Crippen LogP contribution in [0.1, 0.15) is 30.5 Å². The van der Waals surface area contributed by atoms with Crippen LogP contribution in [0.5, 0.6) is 0 Å². The third-order valence-corrected chi connectivity index (χ3v) is 3.92. The van der Waals surface area contributed by atoms with Crippen LogP contribution >= 0.6 is 27.5 Å². The van der Waals surface area contributed by atoms with Crippen LogP contribution in [0.2, 0.25) is 5.02 Å². The molecule has 1 atom stereocenters. The predicted octanol–water partition coefficient (Wildman–Crippen LogP) is 5.33. The highest BCUT2D eigenvalue weighted by molar-refractivity contribution is 9.10. The molecule has 1 nitrogen and oxygen atoms in total. The van der Waals surface area contributed by atoms with E-state index in [9.17, 15) is 4.39 Å². The summed E-state index contributed by atoms with van der Waals surface area (Å²) in [5, 5.41) is 4.00. The smallest absolute Gasteiger partial charge is 0.128 e. The van der Waals surface area contributed by atoms with E-state index >= 15 is 0 Å². The van der Waals surface area contributed by atoms with Crippen LogP contribution in [0.4, 0.5) is 4.39 Å². The molecule has 0 fully saturated rings. The molecule has 20 heavy (non-hydrogen) atoms. The summed E-state index contributed by atoms with van der Waals surface area (Å²) < 4.78 is 15.0. The number of hydrogen-bond acceptors (Lipinski definition) is 1. The van der Waals surface area contributed by atoms with Crippen molar-refractivity contribution in [3.8, 4) is 0 Å². The summed E-state index contributed by atoms with van der Waals surface area (Å²) in [6.45, 7) is 2.87. The zero-order valence-electron chi connectivity index (χ0n) is 11.2. The van der Waals surface area contributed by atoms with Crippen molar-refractivity contribution < 1.29 is 4.39 Å². The molecule has 0 heterocycles. The molecule has 1 unspecified atom stereocenters. The second-order valence-corrected chi connectivity index (χ2v) is 5.90. The van der Waals surface area contributed by atoms with E-state index in [1.54, 1.807) is 12.1 Å². The summed E-state index contributed by atoms with van der Waals surface area (Å²) in [5.74, 6) is -0.235. The highest BCUT2D eigenvalue weighted by Gasteiger charge is 2.19. The van der Waals surface area contributed by atoms with Crippen molar-refractivity contribution in [2.24, 2.45) is 0 Å². The van der Waals surface area contributed by atoms with Crippen LogP contribution in [0.15, 0.2) is 46.9 Å². The van der Waals surface area contributed by atoms with Gasteiger partial charge in [-0.3, -0.25) is 0 Å². The van der Waals surface area contributed by atoms with Crippen LogP contribution in [0, 0.1) is 5.82 Å². The average molecular weight is 357 g/mol. The van der Waals surface area contributed by atoms with E-state index in [1.807, 2.05) is 24.3 Å². The maximum atomic E-state index is 14.2. The molecule has 0 radical (unpaired) electrons. The molecule has 0 aliphatic heterocycles. The summed E-state index contributed by atoms with van der Waals surface area (Å²) >= 11 is 9.66. The van der Waals surface area contributed by atoms with E-state index in [4.69, 9.17) is 11.6 Å². The molecule has 1 N–H and O–H groups in total. The maximum absolute atomic E-state index is 14.2. The van der Waals surface area contributed by atoms with Gasteiger partial charge in [0.15, 0.2) is 0 Å². The molecule has 0 amide bonds. The van der Waals surface area contributed by atoms with Gasteiger partial charge in [0, 0.05) is 15.1 Å². The Balaban J connectivity index is 2.47. The molecule has 2 aromatic carbocycles. The van der Waals surface area contributed by atoms with Gasteiger partial charge in [-0.05, 0) is 42.8 Å². The first kappa shape index (κ1) is 15.5. The van der Waals surface area contributed by atoms with Gasteiger partial charge >= 0.3 is 0 Å². The monoisotopic (exact) mass is 355 g/mol. The molecule has 0 aliphatic rings. The van der Waals surface area contributed by atoms with Crippen LogP contribution in [-0.4, -0.2) is 6.54 Å². The Labute approximate surface area is 132 Å². The van der Waals surface area contributed by atoms with Gasteiger partial charge in [-0.25, -0.2) is 4.39 Å². The third kappa shape index (κ3) is 3.60. The highest BCUT2D eigenvalue weighted by atomic mass is 79.9. The predicted molar refractivity (Wildman–Crippen MR) is 85.7 cm³/mol. The second kappa shape index (κ2) is 7.21. The fourth-order valence-electron chi connectivity index (χ4n) is 2.12. The van der Waals surface area contributed by atoms with Crippen LogP contribution in [-0.2, 0) is 0 Å². The summed E-state index contributed by atoms with van der Waals surface area (Å²) in [4.78, 5) is 0. The Kier molecular flexibility index (Phi) is 5.58. The van der Waals surface area contributed by atoms with Crippen molar-refractivity contribution in [2.75, 3.05) is 6.54 Å². The second-order valence-electron chi connectivity index (χ2n) is 4.57. The van der Waals surface area contributed by atoms with Gasteiger partial charge in [-0.15, -0.1) is 0 Å². The lowest BCUT2D eigenvalue weighted by atomic mass is 9.98. The minimum Gasteiger partial charge on any atom is -0.306 e. The number of hydrogen-bond donors (Lipinski definition) is 1. The molecule has 0 bridgehead atoms. The van der Waals surface area contributed by atoms with E-state index in [1.165, 1.54) is 6.07 Å². The zero-order chi connectivity index (χ0) is 14.5. The van der Waals surface area contributed by atoms with Crippen molar-refractivity contribution in [1.82, 2.24) is 5.32 Å². The molecule has 0 saturated carbocycles. The normalized spacial score (nSPS) is 12.4. The highest BCUT2D eigenvalue weighted by Crippen LogP contribution is 2.31. The van der Waals surface area contributed by atoms with Crippen molar-refractivity contribution in [3.63, 3.8) is 0 Å². The molecule has 0 saturated heterocycles. The van der Waals surface area contributed by atoms with Crippen LogP contribution in [0.25, 0.3) is 0 Å². The lowest BCUT2D eigenvalue weighted by Crippen LogP contribution is -2.24. The van der Waals surface area contributed by atoms with E-state index in [0.717, 1.165) is 23.0 Å². The number of nitrogens with one attached hydrogen (secondary N) is 1. The molecular formula is C16H16BrClFN. The molecule has 0 spiro atoms. The van der Waals surface area contributed by atoms with Gasteiger partial charge in [0.1, 0.15) is 5.82 Å². The Morgan fingerprint density at radius 2 is 1.95 bits per heavy atom. The zero-order valence-corrected chi connectivity index (χ0v) is 13.5. The van der Waals surface area contributed by atoms with E-state index < -0.39 is 0 Å². The average Bonchev–Trinajstić information content (AvgIpc) is 2.44. The van der Waals surface area contributed by atoms with E-state index in [0.29, 0.717) is 10.6 Å². The molecular weight excluding hydrogens is 341 g/mol. The van der Waals surface area contributed by atoms with Crippen LogP contribution in [0.3, 0.4) is 0 Å². The summed E-state index contributed by atoms with van der Waals surface area (Å²) in [6.07, 6.45) is 0.969. The topological polar surface area (TPSA) is 12.0 Å². The Bertz CT molecular complexity index is 588. The first-order chi connectivity index (χ1) is 9.63. The quantitative estimate of drug-likeness (QED) is 0.763. The molecule has 4 heteroatoms. The van der Waals surface area contributed by atoms with E-state index in [2.05, 4.69) is 28.2 Å². The number of rotatable bonds is 5. The van der Waals surface area contributed by atoms with Gasteiger partial charge in [-0.2, -0.15) is 0 Å². The minimum absolute atomic E-state index is 0.235. The SMILES string of the molecule is CCCNC(c1cc(Br)ccc1F)c1ccccc1Cl. The van der Waals surface area contributed by atoms with Crippen molar-refractivity contribution in [2.45, 2.75) is 19.4 Å². The lowest BCUT2D eigenvalue weighted by molar-refractivity contribution is 0.546. The van der Waals surface area contributed by atoms with Gasteiger partial charge in [0.2, 0.25) is 0 Å². The largest absolute Gasteiger partial charge is 0.306 e. The van der Waals surface area contributed by atoms with Crippen molar-refractivity contribution in [1.29, 1.82) is 0 Å². The van der Waals surface area contributed by atoms with Crippen molar-refractivity contribution >= 4 is 27.5 Å². The summed E-state index contributed by atoms with van der Waals surface area (Å²) in [7, 11) is 0. The Hall–Kier alpha value is -0.900. The minimum atomic E-state index is -0.249. The van der Waals surface area contributed by atoms with Gasteiger partial charge < -0.3 is 5.32 Å². The first-order valence-corrected chi connectivity index (χ1v) is 7.73. The molecule has 2 rings (SSSR count). The van der Waals surface area contributed by atoms with Gasteiger partial charge in [0.05, 0.1) is 6.04 Å². The molecule has 0 aromatic heterocycles. The van der Waals surface area contributed by atoms with Crippen LogP contribution < -0.4 is 5.32 Å². The lowest BCUT2D eigenvalue weighted by Gasteiger charge is -2.21. The maximum Gasteiger partial charge on any atom is 0.128 e. The van der Waals surface area contributed by atoms with Crippen molar-refractivity contribution in [3.05, 3.63) is 68.9 Å². The van der Waals surface area contributed by atoms with Gasteiger partial charge in [-0.1, -0.05) is 52.7 Å². The molecule has 2 aromatic rings. The third-order valence-electron chi connectivity index (χ3n) is 3.08. The Morgan fingerprint density at radius 3 is 2.65 bits per heavy atom. The summed E-state index contributed by atoms with van der Waals surface area (Å²) in [5.41, 5.74) is 1.49. The fourth-order valence-corrected chi connectivity index (χ4v) is 2.74. The standard InChI is InChI=1S/C16H16BrClFN/c1-2-9-20-16(12-5-3-4-6-14(12)18)13-10-11(17)7-8-15(13)19/h3-8,10,16,20H,2,9H2,1H3.